The fourth-order valence-electron chi connectivity index (χ4n) is 1.34. The van der Waals surface area contributed by atoms with Crippen molar-refractivity contribution < 1.29 is 14.3 Å². The van der Waals surface area contributed by atoms with E-state index in [1.54, 1.807) is 19.2 Å². The Morgan fingerprint density at radius 3 is 2.59 bits per heavy atom. The molecule has 0 bridgehead atoms. The molecule has 0 atom stereocenters. The topological polar surface area (TPSA) is 59.3 Å². The molecule has 0 aliphatic rings. The van der Waals surface area contributed by atoms with Crippen LogP contribution in [-0.4, -0.2) is 20.2 Å². The molecular formula is C13H13NO3. The number of carbonyl (C=O) groups is 1. The molecule has 0 N–H and O–H groups in total. The summed E-state index contributed by atoms with van der Waals surface area (Å²) in [6.45, 7) is 1.88. The summed E-state index contributed by atoms with van der Waals surface area (Å²) in [4.78, 5) is 11.2. The minimum atomic E-state index is -0.636. The maximum absolute atomic E-state index is 11.2. The fraction of sp³-hybridized carbons (Fsp3) is 0.231. The van der Waals surface area contributed by atoms with Crippen LogP contribution in [0.5, 0.6) is 5.75 Å². The number of carbonyl (C=O) groups excluding carboxylic acids is 1. The SMILES string of the molecule is COC(=O)/C(C#N)=C/c1ccc(OC)cc1C. The lowest BCUT2D eigenvalue weighted by Crippen LogP contribution is -2.02. The van der Waals surface area contributed by atoms with Gasteiger partial charge in [0.2, 0.25) is 0 Å². The van der Waals surface area contributed by atoms with Crippen LogP contribution in [0.4, 0.5) is 0 Å². The maximum Gasteiger partial charge on any atom is 0.348 e. The Morgan fingerprint density at radius 2 is 2.12 bits per heavy atom. The molecule has 0 aliphatic heterocycles. The number of esters is 1. The number of rotatable bonds is 3. The van der Waals surface area contributed by atoms with E-state index < -0.39 is 5.97 Å². The van der Waals surface area contributed by atoms with E-state index in [0.29, 0.717) is 0 Å². The number of hydrogen-bond acceptors (Lipinski definition) is 4. The summed E-state index contributed by atoms with van der Waals surface area (Å²) < 4.78 is 9.58. The first-order chi connectivity index (χ1) is 8.12. The first kappa shape index (κ1) is 12.8. The molecule has 17 heavy (non-hydrogen) atoms. The summed E-state index contributed by atoms with van der Waals surface area (Å²) >= 11 is 0. The van der Waals surface area contributed by atoms with Crippen molar-refractivity contribution in [1.82, 2.24) is 0 Å². The van der Waals surface area contributed by atoms with E-state index in [1.165, 1.54) is 13.2 Å². The Morgan fingerprint density at radius 1 is 1.41 bits per heavy atom. The van der Waals surface area contributed by atoms with E-state index in [1.807, 2.05) is 19.1 Å². The van der Waals surface area contributed by atoms with Crippen molar-refractivity contribution in [2.45, 2.75) is 6.92 Å². The zero-order valence-electron chi connectivity index (χ0n) is 9.98. The van der Waals surface area contributed by atoms with Crippen molar-refractivity contribution in [2.24, 2.45) is 0 Å². The smallest absolute Gasteiger partial charge is 0.348 e. The molecule has 0 saturated carbocycles. The van der Waals surface area contributed by atoms with Gasteiger partial charge in [0.1, 0.15) is 17.4 Å². The molecule has 0 saturated heterocycles. The van der Waals surface area contributed by atoms with Gasteiger partial charge in [-0.3, -0.25) is 0 Å². The van der Waals surface area contributed by atoms with Crippen molar-refractivity contribution in [3.8, 4) is 11.8 Å². The largest absolute Gasteiger partial charge is 0.497 e. The van der Waals surface area contributed by atoms with Crippen molar-refractivity contribution in [2.75, 3.05) is 14.2 Å². The van der Waals surface area contributed by atoms with Crippen LogP contribution in [0.3, 0.4) is 0 Å². The van der Waals surface area contributed by atoms with E-state index in [9.17, 15) is 4.79 Å². The van der Waals surface area contributed by atoms with Crippen LogP contribution >= 0.6 is 0 Å². The van der Waals surface area contributed by atoms with Gasteiger partial charge in [-0.15, -0.1) is 0 Å². The highest BCUT2D eigenvalue weighted by Crippen LogP contribution is 2.19. The Kier molecular flexibility index (Phi) is 4.29. The van der Waals surface area contributed by atoms with Gasteiger partial charge in [0.05, 0.1) is 14.2 Å². The molecule has 0 heterocycles. The van der Waals surface area contributed by atoms with E-state index in [2.05, 4.69) is 4.74 Å². The first-order valence-corrected chi connectivity index (χ1v) is 4.97. The summed E-state index contributed by atoms with van der Waals surface area (Å²) in [6, 6.07) is 7.20. The van der Waals surface area contributed by atoms with Crippen molar-refractivity contribution in [3.05, 3.63) is 34.9 Å². The van der Waals surface area contributed by atoms with Gasteiger partial charge < -0.3 is 9.47 Å². The lowest BCUT2D eigenvalue weighted by molar-refractivity contribution is -0.135. The number of hydrogen-bond donors (Lipinski definition) is 0. The highest BCUT2D eigenvalue weighted by molar-refractivity contribution is 5.98. The second kappa shape index (κ2) is 5.71. The second-order valence-corrected chi connectivity index (χ2v) is 3.38. The molecule has 4 heteroatoms. The van der Waals surface area contributed by atoms with Crippen LogP contribution in [0.2, 0.25) is 0 Å². The van der Waals surface area contributed by atoms with Gasteiger partial charge in [0.15, 0.2) is 0 Å². The van der Waals surface area contributed by atoms with Gasteiger partial charge in [-0.2, -0.15) is 5.26 Å². The highest BCUT2D eigenvalue weighted by atomic mass is 16.5. The zero-order valence-corrected chi connectivity index (χ0v) is 9.98. The third-order valence-electron chi connectivity index (χ3n) is 2.30. The van der Waals surface area contributed by atoms with Crippen molar-refractivity contribution >= 4 is 12.0 Å². The molecule has 1 aromatic carbocycles. The third-order valence-corrected chi connectivity index (χ3v) is 2.30. The minimum Gasteiger partial charge on any atom is -0.497 e. The lowest BCUT2D eigenvalue weighted by atomic mass is 10.1. The van der Waals surface area contributed by atoms with Gasteiger partial charge in [0, 0.05) is 0 Å². The minimum absolute atomic E-state index is 0.0271. The monoisotopic (exact) mass is 231 g/mol. The van der Waals surface area contributed by atoms with Gasteiger partial charge in [-0.05, 0) is 36.3 Å². The molecule has 0 fully saturated rings. The molecule has 0 radical (unpaired) electrons. The van der Waals surface area contributed by atoms with Crippen LogP contribution in [0, 0.1) is 18.3 Å². The average Bonchev–Trinajstić information content (AvgIpc) is 2.36. The van der Waals surface area contributed by atoms with Crippen LogP contribution < -0.4 is 4.74 Å². The van der Waals surface area contributed by atoms with Crippen LogP contribution in [-0.2, 0) is 9.53 Å². The summed E-state index contributed by atoms with van der Waals surface area (Å²) in [5.74, 6) is 0.0962. The number of ether oxygens (including phenoxy) is 2. The number of nitriles is 1. The molecular weight excluding hydrogens is 218 g/mol. The predicted molar refractivity (Wildman–Crippen MR) is 63.3 cm³/mol. The lowest BCUT2D eigenvalue weighted by Gasteiger charge is -2.04. The second-order valence-electron chi connectivity index (χ2n) is 3.38. The summed E-state index contributed by atoms with van der Waals surface area (Å²) in [5, 5.41) is 8.84. The summed E-state index contributed by atoms with van der Waals surface area (Å²) in [5.41, 5.74) is 1.68. The molecule has 1 rings (SSSR count). The summed E-state index contributed by atoms with van der Waals surface area (Å²) in [6.07, 6.45) is 1.50. The Bertz CT molecular complexity index is 498. The predicted octanol–water partition coefficient (Wildman–Crippen LogP) is 2.08. The molecule has 0 unspecified atom stereocenters. The molecule has 1 aromatic rings. The van der Waals surface area contributed by atoms with E-state index >= 15 is 0 Å². The van der Waals surface area contributed by atoms with Crippen LogP contribution in [0.15, 0.2) is 23.8 Å². The van der Waals surface area contributed by atoms with E-state index in [0.717, 1.165) is 16.9 Å². The molecule has 4 nitrogen and oxygen atoms in total. The number of nitrogens with zero attached hydrogens (tertiary/aromatic N) is 1. The van der Waals surface area contributed by atoms with E-state index in [-0.39, 0.29) is 5.57 Å². The molecule has 0 spiro atoms. The molecule has 0 aliphatic carbocycles. The van der Waals surface area contributed by atoms with Crippen LogP contribution in [0.1, 0.15) is 11.1 Å². The number of methoxy groups -OCH3 is 2. The third kappa shape index (κ3) is 3.08. The van der Waals surface area contributed by atoms with Crippen LogP contribution in [0.25, 0.3) is 6.08 Å². The fourth-order valence-corrected chi connectivity index (χ4v) is 1.34. The summed E-state index contributed by atoms with van der Waals surface area (Å²) in [7, 11) is 2.83. The Balaban J connectivity index is 3.13. The maximum atomic E-state index is 11.2. The number of benzene rings is 1. The van der Waals surface area contributed by atoms with Crippen molar-refractivity contribution in [3.63, 3.8) is 0 Å². The molecule has 88 valence electrons. The first-order valence-electron chi connectivity index (χ1n) is 4.97. The van der Waals surface area contributed by atoms with Gasteiger partial charge in [0.25, 0.3) is 0 Å². The molecule has 0 aromatic heterocycles. The van der Waals surface area contributed by atoms with Gasteiger partial charge >= 0.3 is 5.97 Å². The quantitative estimate of drug-likeness (QED) is 0.454. The Hall–Kier alpha value is -2.28. The van der Waals surface area contributed by atoms with Crippen molar-refractivity contribution in [1.29, 1.82) is 5.26 Å². The number of aryl methyl sites for hydroxylation is 1. The normalized spacial score (nSPS) is 10.6. The Labute approximate surface area is 100 Å². The van der Waals surface area contributed by atoms with Gasteiger partial charge in [-0.25, -0.2) is 4.79 Å². The zero-order chi connectivity index (χ0) is 12.8. The standard InChI is InChI=1S/C13H13NO3/c1-9-6-12(16-2)5-4-10(9)7-11(8-14)13(15)17-3/h4-7H,1-3H3/b11-7+. The molecule has 0 amide bonds. The highest BCUT2D eigenvalue weighted by Gasteiger charge is 2.09. The average molecular weight is 231 g/mol. The van der Waals surface area contributed by atoms with E-state index in [4.69, 9.17) is 10.00 Å². The van der Waals surface area contributed by atoms with Gasteiger partial charge in [-0.1, -0.05) is 6.07 Å².